The molecule has 2 aromatic carbocycles. The lowest BCUT2D eigenvalue weighted by molar-refractivity contribution is -0.120. The molecule has 0 aromatic heterocycles. The van der Waals surface area contributed by atoms with Crippen LogP contribution < -0.4 is 11.1 Å². The molecule has 22 heavy (non-hydrogen) atoms. The minimum absolute atomic E-state index is 0.0503. The summed E-state index contributed by atoms with van der Waals surface area (Å²) in [5.41, 5.74) is 5.78. The maximum absolute atomic E-state index is 12.4. The van der Waals surface area contributed by atoms with Gasteiger partial charge in [0.15, 0.2) is 0 Å². The lowest BCUT2D eigenvalue weighted by Gasteiger charge is -2.15. The van der Waals surface area contributed by atoms with Crippen LogP contribution in [0.25, 0.3) is 10.8 Å². The van der Waals surface area contributed by atoms with Gasteiger partial charge in [-0.25, -0.2) is 0 Å². The largest absolute Gasteiger partial charge is 0.368 e. The molecule has 0 bridgehead atoms. The molecule has 0 aliphatic carbocycles. The van der Waals surface area contributed by atoms with E-state index in [0.29, 0.717) is 5.56 Å². The summed E-state index contributed by atoms with van der Waals surface area (Å²) in [5, 5.41) is 4.36. The summed E-state index contributed by atoms with van der Waals surface area (Å²) in [6.07, 6.45) is 0.407. The summed E-state index contributed by atoms with van der Waals surface area (Å²) in [4.78, 5) is 34.9. The van der Waals surface area contributed by atoms with Crippen LogP contribution in [0, 0.1) is 0 Å². The number of carbonyl (C=O) groups excluding carboxylic acids is 3. The van der Waals surface area contributed by atoms with E-state index in [9.17, 15) is 14.4 Å². The molecule has 3 N–H and O–H groups in total. The van der Waals surface area contributed by atoms with E-state index in [0.717, 1.165) is 10.8 Å². The summed E-state index contributed by atoms with van der Waals surface area (Å²) in [5.74, 6) is -1.07. The number of nitrogens with two attached hydrogens (primary N) is 1. The van der Waals surface area contributed by atoms with Crippen LogP contribution in [0.2, 0.25) is 0 Å². The Labute approximate surface area is 128 Å². The third-order valence-corrected chi connectivity index (χ3v) is 3.47. The van der Waals surface area contributed by atoms with Crippen molar-refractivity contribution in [2.45, 2.75) is 25.8 Å². The van der Waals surface area contributed by atoms with E-state index in [-0.39, 0.29) is 24.5 Å². The molecule has 2 aromatic rings. The van der Waals surface area contributed by atoms with Gasteiger partial charge in [0.1, 0.15) is 11.8 Å². The van der Waals surface area contributed by atoms with E-state index in [1.54, 1.807) is 12.1 Å². The second-order valence-corrected chi connectivity index (χ2v) is 5.20. The molecule has 0 spiro atoms. The fourth-order valence-electron chi connectivity index (χ4n) is 2.29. The standard InChI is InChI=1S/C17H18N2O3/c1-11(20)9-10-15(16(18)21)19-17(22)14-8-4-6-12-5-2-3-7-13(12)14/h2-8,15H,9-10H2,1H3,(H2,18,21)(H,19,22)/t15-/m1/s1. The Balaban J connectivity index is 2.22. The zero-order valence-electron chi connectivity index (χ0n) is 12.3. The van der Waals surface area contributed by atoms with E-state index >= 15 is 0 Å². The Kier molecular flexibility index (Phi) is 4.88. The SMILES string of the molecule is CC(=O)CC[C@@H](NC(=O)c1cccc2ccccc12)C(N)=O. The summed E-state index contributed by atoms with van der Waals surface area (Å²) in [7, 11) is 0. The van der Waals surface area contributed by atoms with E-state index < -0.39 is 11.9 Å². The summed E-state index contributed by atoms with van der Waals surface area (Å²) < 4.78 is 0. The lowest BCUT2D eigenvalue weighted by atomic mass is 10.0. The third kappa shape index (κ3) is 3.69. The summed E-state index contributed by atoms with van der Waals surface area (Å²) in [6, 6.07) is 12.0. The molecule has 0 radical (unpaired) electrons. The monoisotopic (exact) mass is 298 g/mol. The predicted octanol–water partition coefficient (Wildman–Crippen LogP) is 1.79. The first-order chi connectivity index (χ1) is 10.5. The van der Waals surface area contributed by atoms with E-state index in [4.69, 9.17) is 5.73 Å². The number of primary amides is 1. The first-order valence-corrected chi connectivity index (χ1v) is 7.06. The molecule has 5 nitrogen and oxygen atoms in total. The van der Waals surface area contributed by atoms with Gasteiger partial charge in [-0.2, -0.15) is 0 Å². The third-order valence-electron chi connectivity index (χ3n) is 3.47. The molecule has 2 rings (SSSR count). The first-order valence-electron chi connectivity index (χ1n) is 7.06. The van der Waals surface area contributed by atoms with Crippen LogP contribution in [0.15, 0.2) is 42.5 Å². The van der Waals surface area contributed by atoms with Crippen LogP contribution in [0.5, 0.6) is 0 Å². The number of amides is 2. The Morgan fingerprint density at radius 1 is 1.09 bits per heavy atom. The number of benzene rings is 2. The predicted molar refractivity (Wildman–Crippen MR) is 84.3 cm³/mol. The van der Waals surface area contributed by atoms with E-state index in [1.807, 2.05) is 30.3 Å². The van der Waals surface area contributed by atoms with Crippen molar-refractivity contribution in [3.63, 3.8) is 0 Å². The van der Waals surface area contributed by atoms with Gasteiger partial charge in [0.2, 0.25) is 5.91 Å². The van der Waals surface area contributed by atoms with Crippen LogP contribution >= 0.6 is 0 Å². The van der Waals surface area contributed by atoms with E-state index in [2.05, 4.69) is 5.32 Å². The topological polar surface area (TPSA) is 89.3 Å². The average molecular weight is 298 g/mol. The Morgan fingerprint density at radius 3 is 2.45 bits per heavy atom. The molecule has 0 aliphatic heterocycles. The molecule has 2 amide bonds. The van der Waals surface area contributed by atoms with Crippen molar-refractivity contribution in [2.75, 3.05) is 0 Å². The van der Waals surface area contributed by atoms with Crippen LogP contribution in [0.3, 0.4) is 0 Å². The molecule has 5 heteroatoms. The molecule has 1 atom stereocenters. The second-order valence-electron chi connectivity index (χ2n) is 5.20. The molecule has 0 saturated carbocycles. The molecule has 0 aliphatic rings. The first kappa shape index (κ1) is 15.7. The van der Waals surface area contributed by atoms with Crippen molar-refractivity contribution < 1.29 is 14.4 Å². The maximum Gasteiger partial charge on any atom is 0.252 e. The van der Waals surface area contributed by atoms with Crippen molar-refractivity contribution in [3.8, 4) is 0 Å². The Morgan fingerprint density at radius 2 is 1.77 bits per heavy atom. The molecule has 0 saturated heterocycles. The van der Waals surface area contributed by atoms with Gasteiger partial charge in [-0.3, -0.25) is 9.59 Å². The fraction of sp³-hybridized carbons (Fsp3) is 0.235. The van der Waals surface area contributed by atoms with Crippen LogP contribution in [-0.4, -0.2) is 23.6 Å². The number of rotatable bonds is 6. The normalized spacial score (nSPS) is 11.9. The molecule has 0 fully saturated rings. The molecule has 114 valence electrons. The quantitative estimate of drug-likeness (QED) is 0.852. The average Bonchev–Trinajstić information content (AvgIpc) is 2.50. The van der Waals surface area contributed by atoms with Gasteiger partial charge < -0.3 is 15.8 Å². The van der Waals surface area contributed by atoms with Crippen molar-refractivity contribution in [3.05, 3.63) is 48.0 Å². The van der Waals surface area contributed by atoms with Gasteiger partial charge >= 0.3 is 0 Å². The smallest absolute Gasteiger partial charge is 0.252 e. The maximum atomic E-state index is 12.4. The van der Waals surface area contributed by atoms with Crippen molar-refractivity contribution in [1.82, 2.24) is 5.32 Å². The van der Waals surface area contributed by atoms with Gasteiger partial charge in [0.05, 0.1) is 0 Å². The molecular weight excluding hydrogens is 280 g/mol. The second kappa shape index (κ2) is 6.85. The highest BCUT2D eigenvalue weighted by Crippen LogP contribution is 2.18. The van der Waals surface area contributed by atoms with Crippen LogP contribution in [-0.2, 0) is 9.59 Å². The fourth-order valence-corrected chi connectivity index (χ4v) is 2.29. The highest BCUT2D eigenvalue weighted by molar-refractivity contribution is 6.08. The molecule has 0 heterocycles. The zero-order chi connectivity index (χ0) is 16.1. The summed E-state index contributed by atoms with van der Waals surface area (Å²) >= 11 is 0. The van der Waals surface area contributed by atoms with Gasteiger partial charge in [-0.05, 0) is 30.2 Å². The number of ketones is 1. The van der Waals surface area contributed by atoms with Gasteiger partial charge in [-0.1, -0.05) is 36.4 Å². The van der Waals surface area contributed by atoms with Gasteiger partial charge in [0, 0.05) is 12.0 Å². The van der Waals surface area contributed by atoms with Gasteiger partial charge in [-0.15, -0.1) is 0 Å². The van der Waals surface area contributed by atoms with Crippen LogP contribution in [0.4, 0.5) is 0 Å². The minimum Gasteiger partial charge on any atom is -0.368 e. The van der Waals surface area contributed by atoms with Crippen molar-refractivity contribution >= 4 is 28.4 Å². The van der Waals surface area contributed by atoms with Crippen molar-refractivity contribution in [2.24, 2.45) is 5.73 Å². The number of carbonyl (C=O) groups is 3. The van der Waals surface area contributed by atoms with E-state index in [1.165, 1.54) is 6.92 Å². The van der Waals surface area contributed by atoms with Crippen LogP contribution in [0.1, 0.15) is 30.1 Å². The highest BCUT2D eigenvalue weighted by Gasteiger charge is 2.20. The summed E-state index contributed by atoms with van der Waals surface area (Å²) in [6.45, 7) is 1.44. The number of Topliss-reactive ketones (excluding diaryl/α,β-unsaturated/α-hetero) is 1. The highest BCUT2D eigenvalue weighted by atomic mass is 16.2. The number of fused-ring (bicyclic) bond motifs is 1. The lowest BCUT2D eigenvalue weighted by Crippen LogP contribution is -2.44. The Bertz CT molecular complexity index is 719. The number of hydrogen-bond donors (Lipinski definition) is 2. The molecule has 0 unspecified atom stereocenters. The molecular formula is C17H18N2O3. The van der Waals surface area contributed by atoms with Crippen molar-refractivity contribution in [1.29, 1.82) is 0 Å². The zero-order valence-corrected chi connectivity index (χ0v) is 12.3. The Hall–Kier alpha value is -2.69. The number of hydrogen-bond acceptors (Lipinski definition) is 3. The number of nitrogens with one attached hydrogen (secondary N) is 1. The minimum atomic E-state index is -0.852. The van der Waals surface area contributed by atoms with Gasteiger partial charge in [0.25, 0.3) is 5.91 Å².